The smallest absolute Gasteiger partial charge is 0.310 e. The van der Waals surface area contributed by atoms with Gasteiger partial charge in [0.2, 0.25) is 0 Å². The van der Waals surface area contributed by atoms with Crippen molar-refractivity contribution in [1.82, 2.24) is 4.98 Å². The highest BCUT2D eigenvalue weighted by molar-refractivity contribution is 14.1. The van der Waals surface area contributed by atoms with Crippen LogP contribution < -0.4 is 0 Å². The highest BCUT2D eigenvalue weighted by atomic mass is 127. The minimum atomic E-state index is -9.84. The molecule has 1 aromatic heterocycles. The number of hydrogen-bond acceptors (Lipinski definition) is 4. The van der Waals surface area contributed by atoms with Gasteiger partial charge in [-0.25, -0.2) is 0 Å². The number of fused-ring (bicyclic) bond motifs is 1. The molecule has 0 amide bonds. The number of halogens is 6. The van der Waals surface area contributed by atoms with E-state index in [1.54, 1.807) is 0 Å². The van der Waals surface area contributed by atoms with Crippen molar-refractivity contribution in [3.05, 3.63) is 55.9 Å². The molecule has 2 atom stereocenters. The lowest BCUT2D eigenvalue weighted by atomic mass is 9.74. The first kappa shape index (κ1) is 33.1. The number of hydrogen-bond donors (Lipinski definition) is 1. The second-order valence-electron chi connectivity index (χ2n) is 13.8. The summed E-state index contributed by atoms with van der Waals surface area (Å²) in [4.78, 5) is 3.20. The summed E-state index contributed by atoms with van der Waals surface area (Å²) in [6, 6.07) is 2.60. The molecule has 1 fully saturated rings. The lowest BCUT2D eigenvalue weighted by molar-refractivity contribution is 0.0827. The second-order valence-corrected chi connectivity index (χ2v) is 22.1. The first-order chi connectivity index (χ1) is 18.4. The van der Waals surface area contributed by atoms with Crippen molar-refractivity contribution >= 4 is 41.1 Å². The molecule has 41 heavy (non-hydrogen) atoms. The molecule has 2 heterocycles. The van der Waals surface area contributed by atoms with E-state index in [9.17, 15) is 24.5 Å². The van der Waals surface area contributed by atoms with Crippen molar-refractivity contribution in [3.8, 4) is 0 Å². The lowest BCUT2D eigenvalue weighted by Crippen LogP contribution is -2.44. The summed E-state index contributed by atoms with van der Waals surface area (Å²) in [7, 11) is -12.1. The molecule has 1 saturated heterocycles. The van der Waals surface area contributed by atoms with E-state index in [4.69, 9.17) is 14.1 Å². The quantitative estimate of drug-likeness (QED) is 0.183. The molecule has 1 aliphatic heterocycles. The summed E-state index contributed by atoms with van der Waals surface area (Å²) < 4.78 is 80.3. The van der Waals surface area contributed by atoms with E-state index in [0.717, 1.165) is 39.8 Å². The van der Waals surface area contributed by atoms with E-state index < -0.39 is 29.5 Å². The fourth-order valence-electron chi connectivity index (χ4n) is 5.49. The van der Waals surface area contributed by atoms with E-state index in [-0.39, 0.29) is 28.0 Å². The first-order valence-corrected chi connectivity index (χ1v) is 19.8. The number of aliphatic hydroxyl groups excluding tert-OH is 1. The van der Waals surface area contributed by atoms with Gasteiger partial charge in [-0.3, -0.25) is 4.98 Å². The Morgan fingerprint density at radius 1 is 1.07 bits per heavy atom. The van der Waals surface area contributed by atoms with Crippen LogP contribution in [0.2, 0.25) is 18.1 Å². The normalized spacial score (nSPS) is 22.9. The third-order valence-corrected chi connectivity index (χ3v) is 15.6. The summed E-state index contributed by atoms with van der Waals surface area (Å²) in [5.74, 6) is -0.0130. The van der Waals surface area contributed by atoms with Crippen LogP contribution >= 0.6 is 32.8 Å². The SMILES string of the molecule is CC1(C)Cc2nc(C3CCOCC3)c([C@@H](O)c3ccc(S(F)(F)(F)(F)F)cc3)c(I)c2[C@@H](O[Si-](C)(C)C(C)(C)C)C1. The maximum Gasteiger partial charge on any atom is 0.310 e. The molecular weight excluding hydrogens is 692 g/mol. The summed E-state index contributed by atoms with van der Waals surface area (Å²) in [6.45, 7) is 16.4. The van der Waals surface area contributed by atoms with Gasteiger partial charge in [-0.1, -0.05) is 66.2 Å². The van der Waals surface area contributed by atoms with Gasteiger partial charge in [-0.05, 0) is 79.7 Å². The largest absolute Gasteiger partial charge is 0.559 e. The summed E-state index contributed by atoms with van der Waals surface area (Å²) >= 11 is 2.22. The maximum atomic E-state index is 13.4. The topological polar surface area (TPSA) is 51.6 Å². The van der Waals surface area contributed by atoms with Crippen molar-refractivity contribution in [3.63, 3.8) is 0 Å². The Bertz CT molecular complexity index is 1310. The zero-order chi connectivity index (χ0) is 30.9. The van der Waals surface area contributed by atoms with Crippen LogP contribution in [0.1, 0.15) is 100 Å². The van der Waals surface area contributed by atoms with Crippen LogP contribution in [-0.4, -0.2) is 31.6 Å². The Morgan fingerprint density at radius 3 is 2.15 bits per heavy atom. The Balaban J connectivity index is 1.89. The van der Waals surface area contributed by atoms with Gasteiger partial charge in [0.05, 0.1) is 5.69 Å². The van der Waals surface area contributed by atoms with Crippen molar-refractivity contribution in [2.75, 3.05) is 13.2 Å². The molecular formula is C29H41F5INO3SSi-. The van der Waals surface area contributed by atoms with E-state index >= 15 is 0 Å². The average molecular weight is 734 g/mol. The van der Waals surface area contributed by atoms with Crippen molar-refractivity contribution < 1.29 is 33.7 Å². The van der Waals surface area contributed by atoms with Crippen molar-refractivity contribution in [1.29, 1.82) is 0 Å². The maximum absolute atomic E-state index is 13.4. The van der Waals surface area contributed by atoms with Crippen LogP contribution in [0.4, 0.5) is 19.4 Å². The molecule has 2 aromatic rings. The van der Waals surface area contributed by atoms with Gasteiger partial charge >= 0.3 is 10.2 Å². The zero-order valence-corrected chi connectivity index (χ0v) is 28.6. The molecule has 0 radical (unpaired) electrons. The van der Waals surface area contributed by atoms with Crippen LogP contribution in [0.25, 0.3) is 0 Å². The highest BCUT2D eigenvalue weighted by Crippen LogP contribution is 3.02. The molecule has 4 rings (SSSR count). The van der Waals surface area contributed by atoms with Crippen LogP contribution in [-0.2, 0) is 15.6 Å². The van der Waals surface area contributed by atoms with Gasteiger partial charge in [0.1, 0.15) is 11.0 Å². The Kier molecular flexibility index (Phi) is 8.16. The van der Waals surface area contributed by atoms with Gasteiger partial charge in [-0.2, -0.15) is 0 Å². The fraction of sp³-hybridized carbons (Fsp3) is 0.621. The van der Waals surface area contributed by atoms with Crippen molar-refractivity contribution in [2.45, 2.75) is 101 Å². The predicted molar refractivity (Wildman–Crippen MR) is 165 cm³/mol. The average Bonchev–Trinajstić information content (AvgIpc) is 2.80. The molecule has 233 valence electrons. The monoisotopic (exact) mass is 733 g/mol. The number of rotatable bonds is 6. The number of benzene rings is 1. The first-order valence-electron chi connectivity index (χ1n) is 13.9. The summed E-state index contributed by atoms with van der Waals surface area (Å²) in [5, 5.41) is 11.7. The molecule has 0 unspecified atom stereocenters. The van der Waals surface area contributed by atoms with Crippen LogP contribution in [0.15, 0.2) is 29.2 Å². The zero-order valence-electron chi connectivity index (χ0n) is 24.7. The van der Waals surface area contributed by atoms with Crippen LogP contribution in [0, 0.1) is 8.99 Å². The second kappa shape index (κ2) is 10.1. The summed E-state index contributed by atoms with van der Waals surface area (Å²) in [5.41, 5.74) is 3.07. The minimum absolute atomic E-state index is 0.0130. The molecule has 1 aromatic carbocycles. The molecule has 0 saturated carbocycles. The molecule has 1 N–H and O–H groups in total. The molecule has 12 heteroatoms. The number of pyridine rings is 1. The third-order valence-electron chi connectivity index (χ3n) is 8.79. The van der Waals surface area contributed by atoms with Crippen molar-refractivity contribution in [2.24, 2.45) is 5.41 Å². The minimum Gasteiger partial charge on any atom is -0.559 e. The van der Waals surface area contributed by atoms with Gasteiger partial charge < -0.3 is 14.3 Å². The van der Waals surface area contributed by atoms with Gasteiger partial charge in [0.15, 0.2) is 0 Å². The summed E-state index contributed by atoms with van der Waals surface area (Å²) in [6.07, 6.45) is 1.25. The van der Waals surface area contributed by atoms with Gasteiger partial charge in [0.25, 0.3) is 0 Å². The number of aromatic nitrogens is 1. The molecule has 2 aliphatic rings. The standard InChI is InChI=1S/C29H41F5INO3SSi/c1-28(2,3)41(6,7)39-22-17-29(4,5)16-21-23(22)25(35)24(26(36-21)18-12-14-38-15-13-18)27(37)19-8-10-20(11-9-19)40(30,31,32,33)34/h8-11,18,22,27,37H,12-17H2,1-7H3/q-1/t22-,27-/m0/s1. The van der Waals surface area contributed by atoms with Gasteiger partial charge in [-0.15, -0.1) is 18.1 Å². The van der Waals surface area contributed by atoms with E-state index in [1.807, 2.05) is 0 Å². The Morgan fingerprint density at radius 2 is 1.63 bits per heavy atom. The highest BCUT2D eigenvalue weighted by Gasteiger charge is 2.65. The predicted octanol–water partition coefficient (Wildman–Crippen LogP) is 10.4. The number of aliphatic hydroxyl groups is 1. The number of ether oxygens (including phenoxy) is 1. The fourth-order valence-corrected chi connectivity index (χ4v) is 8.64. The molecule has 1 aliphatic carbocycles. The Labute approximate surface area is 254 Å². The lowest BCUT2D eigenvalue weighted by Gasteiger charge is -2.53. The van der Waals surface area contributed by atoms with Crippen LogP contribution in [0.3, 0.4) is 0 Å². The Hall–Kier alpha value is -0.803. The molecule has 0 spiro atoms. The van der Waals surface area contributed by atoms with Gasteiger partial charge in [0, 0.05) is 45.6 Å². The van der Waals surface area contributed by atoms with Crippen LogP contribution in [0.5, 0.6) is 0 Å². The molecule has 4 nitrogen and oxygen atoms in total. The third kappa shape index (κ3) is 7.13. The number of nitrogens with zero attached hydrogens (tertiary/aromatic N) is 1. The van der Waals surface area contributed by atoms with E-state index in [0.29, 0.717) is 49.4 Å². The van der Waals surface area contributed by atoms with E-state index in [2.05, 4.69) is 70.3 Å². The van der Waals surface area contributed by atoms with E-state index in [1.165, 1.54) is 0 Å². The molecule has 0 bridgehead atoms.